The van der Waals surface area contributed by atoms with E-state index in [0.29, 0.717) is 5.56 Å². The number of hydrogen-bond donors (Lipinski definition) is 2. The number of sulfonamides is 1. The van der Waals surface area contributed by atoms with Crippen molar-refractivity contribution in [1.29, 1.82) is 0 Å². The second kappa shape index (κ2) is 5.75. The number of aliphatic carboxylic acids is 1. The summed E-state index contributed by atoms with van der Waals surface area (Å²) < 4.78 is 26.5. The lowest BCUT2D eigenvalue weighted by Crippen LogP contribution is -2.48. The van der Waals surface area contributed by atoms with Crippen molar-refractivity contribution in [3.63, 3.8) is 0 Å². The Morgan fingerprint density at radius 2 is 2.00 bits per heavy atom. The molecule has 6 nitrogen and oxygen atoms in total. The van der Waals surface area contributed by atoms with Crippen LogP contribution in [0.1, 0.15) is 17.5 Å². The van der Waals surface area contributed by atoms with E-state index < -0.39 is 28.0 Å². The highest BCUT2D eigenvalue weighted by Gasteiger charge is 2.38. The van der Waals surface area contributed by atoms with Gasteiger partial charge in [-0.2, -0.15) is 4.31 Å². The number of aliphatic hydroxyl groups is 1. The molecular weight excluding hydrogens is 294 g/mol. The summed E-state index contributed by atoms with van der Waals surface area (Å²) >= 11 is 0. The minimum absolute atomic E-state index is 0.126. The van der Waals surface area contributed by atoms with Crippen molar-refractivity contribution in [1.82, 2.24) is 4.31 Å². The fourth-order valence-corrected chi connectivity index (χ4v) is 4.29. The predicted molar refractivity (Wildman–Crippen MR) is 76.4 cm³/mol. The molecule has 1 heterocycles. The first-order chi connectivity index (χ1) is 9.73. The van der Waals surface area contributed by atoms with E-state index >= 15 is 0 Å². The largest absolute Gasteiger partial charge is 0.481 e. The molecule has 2 N–H and O–H groups in total. The van der Waals surface area contributed by atoms with Gasteiger partial charge >= 0.3 is 5.97 Å². The van der Waals surface area contributed by atoms with E-state index in [-0.39, 0.29) is 24.4 Å². The summed E-state index contributed by atoms with van der Waals surface area (Å²) in [4.78, 5) is 11.3. The lowest BCUT2D eigenvalue weighted by atomic mass is 9.96. The maximum absolute atomic E-state index is 12.7. The zero-order valence-corrected chi connectivity index (χ0v) is 12.8. The molecular formula is C14H19NO5S. The number of carboxylic acid groups (broad SMARTS) is 1. The Bertz CT molecular complexity index is 655. The first-order valence-corrected chi connectivity index (χ1v) is 8.16. The van der Waals surface area contributed by atoms with Gasteiger partial charge in [0.1, 0.15) is 0 Å². The van der Waals surface area contributed by atoms with Gasteiger partial charge in [0.05, 0.1) is 16.9 Å². The average Bonchev–Trinajstić information content (AvgIpc) is 2.41. The Balaban J connectivity index is 2.36. The van der Waals surface area contributed by atoms with Crippen molar-refractivity contribution < 1.29 is 23.4 Å². The monoisotopic (exact) mass is 313 g/mol. The van der Waals surface area contributed by atoms with Gasteiger partial charge < -0.3 is 10.2 Å². The van der Waals surface area contributed by atoms with Crippen LogP contribution in [0.5, 0.6) is 0 Å². The fraction of sp³-hybridized carbons (Fsp3) is 0.500. The van der Waals surface area contributed by atoms with Gasteiger partial charge in [-0.25, -0.2) is 8.42 Å². The van der Waals surface area contributed by atoms with Crippen LogP contribution < -0.4 is 0 Å². The van der Waals surface area contributed by atoms with Crippen LogP contribution in [0.3, 0.4) is 0 Å². The standard InChI is InChI=1S/C14H19NO5S/c1-9-3-4-10(2)13(7-9)21(19,20)15-6-5-12(16)11(8-15)14(17)18/h3-4,7,11-12,16H,5-6,8H2,1-2H3,(H,17,18)/t11-,12+/m0/s1. The molecule has 1 saturated heterocycles. The molecule has 2 rings (SSSR count). The maximum Gasteiger partial charge on any atom is 0.310 e. The van der Waals surface area contributed by atoms with Crippen LogP contribution in [0.4, 0.5) is 0 Å². The van der Waals surface area contributed by atoms with Crippen LogP contribution in [-0.2, 0) is 14.8 Å². The summed E-state index contributed by atoms with van der Waals surface area (Å²) in [5.41, 5.74) is 1.45. The summed E-state index contributed by atoms with van der Waals surface area (Å²) in [7, 11) is -3.75. The topological polar surface area (TPSA) is 94.9 Å². The molecule has 1 aliphatic rings. The molecule has 1 fully saturated rings. The lowest BCUT2D eigenvalue weighted by molar-refractivity contribution is -0.147. The Morgan fingerprint density at radius 1 is 1.33 bits per heavy atom. The highest BCUT2D eigenvalue weighted by Crippen LogP contribution is 2.26. The summed E-state index contributed by atoms with van der Waals surface area (Å²) in [5.74, 6) is -2.26. The number of carbonyl (C=O) groups is 1. The Kier molecular flexibility index (Phi) is 4.36. The molecule has 116 valence electrons. The highest BCUT2D eigenvalue weighted by molar-refractivity contribution is 7.89. The maximum atomic E-state index is 12.7. The number of rotatable bonds is 3. The molecule has 0 bridgehead atoms. The third-order valence-electron chi connectivity index (χ3n) is 3.82. The van der Waals surface area contributed by atoms with Crippen LogP contribution in [0.2, 0.25) is 0 Å². The van der Waals surface area contributed by atoms with Gasteiger partial charge in [0.2, 0.25) is 10.0 Å². The van der Waals surface area contributed by atoms with Crippen LogP contribution >= 0.6 is 0 Å². The van der Waals surface area contributed by atoms with Crippen molar-refractivity contribution in [3.8, 4) is 0 Å². The first kappa shape index (κ1) is 15.9. The molecule has 0 aromatic heterocycles. The van der Waals surface area contributed by atoms with Gasteiger partial charge in [-0.1, -0.05) is 12.1 Å². The van der Waals surface area contributed by atoms with Crippen molar-refractivity contribution in [2.24, 2.45) is 5.92 Å². The summed E-state index contributed by atoms with van der Waals surface area (Å²) in [6.45, 7) is 3.44. The predicted octanol–water partition coefficient (Wildman–Crippen LogP) is 0.760. The third kappa shape index (κ3) is 3.09. The molecule has 0 saturated carbocycles. The molecule has 0 amide bonds. The number of piperidine rings is 1. The summed E-state index contributed by atoms with van der Waals surface area (Å²) in [6, 6.07) is 5.15. The van der Waals surface area contributed by atoms with Crippen molar-refractivity contribution in [3.05, 3.63) is 29.3 Å². The molecule has 1 aromatic rings. The molecule has 0 radical (unpaired) electrons. The van der Waals surface area contributed by atoms with Gasteiger partial charge in [0.15, 0.2) is 0 Å². The second-order valence-corrected chi connectivity index (χ2v) is 7.34. The molecule has 1 aromatic carbocycles. The smallest absolute Gasteiger partial charge is 0.310 e. The van der Waals surface area contributed by atoms with Gasteiger partial charge in [-0.05, 0) is 37.5 Å². The minimum Gasteiger partial charge on any atom is -0.481 e. The fourth-order valence-electron chi connectivity index (χ4n) is 2.50. The summed E-state index contributed by atoms with van der Waals surface area (Å²) in [6.07, 6.45) is -0.881. The zero-order chi connectivity index (χ0) is 15.8. The van der Waals surface area contributed by atoms with E-state index in [2.05, 4.69) is 0 Å². The lowest BCUT2D eigenvalue weighted by Gasteiger charge is -2.33. The van der Waals surface area contributed by atoms with E-state index in [1.807, 2.05) is 6.07 Å². The van der Waals surface area contributed by atoms with Crippen LogP contribution in [-0.4, -0.2) is 48.1 Å². The average molecular weight is 313 g/mol. The van der Waals surface area contributed by atoms with E-state index in [0.717, 1.165) is 9.87 Å². The van der Waals surface area contributed by atoms with Crippen LogP contribution in [0.25, 0.3) is 0 Å². The molecule has 7 heteroatoms. The van der Waals surface area contributed by atoms with Gasteiger partial charge in [-0.15, -0.1) is 0 Å². The number of benzene rings is 1. The quantitative estimate of drug-likeness (QED) is 0.859. The number of hydrogen-bond acceptors (Lipinski definition) is 4. The van der Waals surface area contributed by atoms with E-state index in [1.54, 1.807) is 26.0 Å². The Hall–Kier alpha value is -1.44. The Morgan fingerprint density at radius 3 is 2.62 bits per heavy atom. The molecule has 21 heavy (non-hydrogen) atoms. The van der Waals surface area contributed by atoms with Crippen molar-refractivity contribution in [2.75, 3.05) is 13.1 Å². The van der Waals surface area contributed by atoms with Crippen molar-refractivity contribution >= 4 is 16.0 Å². The number of carboxylic acids is 1. The van der Waals surface area contributed by atoms with Gasteiger partial charge in [0.25, 0.3) is 0 Å². The van der Waals surface area contributed by atoms with E-state index in [4.69, 9.17) is 5.11 Å². The number of aliphatic hydroxyl groups excluding tert-OH is 1. The normalized spacial score (nSPS) is 24.0. The number of nitrogens with zero attached hydrogens (tertiary/aromatic N) is 1. The zero-order valence-electron chi connectivity index (χ0n) is 12.0. The number of aryl methyl sites for hydroxylation is 2. The van der Waals surface area contributed by atoms with Gasteiger partial charge in [0, 0.05) is 13.1 Å². The Labute approximate surface area is 124 Å². The molecule has 0 spiro atoms. The SMILES string of the molecule is Cc1ccc(C)c(S(=O)(=O)N2CC[C@@H](O)[C@@H](C(=O)O)C2)c1. The highest BCUT2D eigenvalue weighted by atomic mass is 32.2. The summed E-state index contributed by atoms with van der Waals surface area (Å²) in [5, 5.41) is 18.8. The molecule has 0 unspecified atom stereocenters. The first-order valence-electron chi connectivity index (χ1n) is 6.71. The molecule has 1 aliphatic heterocycles. The van der Waals surface area contributed by atoms with E-state index in [1.165, 1.54) is 0 Å². The molecule has 0 aliphatic carbocycles. The van der Waals surface area contributed by atoms with Crippen LogP contribution in [0.15, 0.2) is 23.1 Å². The van der Waals surface area contributed by atoms with Gasteiger partial charge in [-0.3, -0.25) is 4.79 Å². The molecule has 2 atom stereocenters. The second-order valence-electron chi connectivity index (χ2n) is 5.43. The van der Waals surface area contributed by atoms with Crippen molar-refractivity contribution in [2.45, 2.75) is 31.3 Å². The van der Waals surface area contributed by atoms with E-state index in [9.17, 15) is 18.3 Å². The third-order valence-corrected chi connectivity index (χ3v) is 5.82. The van der Waals surface area contributed by atoms with Crippen LogP contribution in [0, 0.1) is 19.8 Å². The minimum atomic E-state index is -3.75.